The van der Waals surface area contributed by atoms with Crippen LogP contribution >= 0.6 is 26.1 Å². The minimum Gasteiger partial charge on any atom is -0.310 e. The molecule has 0 atom stereocenters. The van der Waals surface area contributed by atoms with Crippen LogP contribution in [0.5, 0.6) is 0 Å². The van der Waals surface area contributed by atoms with Gasteiger partial charge in [-0.25, -0.2) is 13.7 Å². The van der Waals surface area contributed by atoms with E-state index in [0.717, 1.165) is 0 Å². The molecule has 12 heavy (non-hydrogen) atoms. The van der Waals surface area contributed by atoms with Gasteiger partial charge >= 0.3 is 115 Å². The Kier molecular flexibility index (Phi) is 195. The SMILES string of the molecule is O=PO.O=PO.O=PO.[Na+].[Na+].[Na+]. The van der Waals surface area contributed by atoms with Crippen LogP contribution in [0.25, 0.3) is 0 Å². The normalized spacial score (nSPS) is 5.25. The van der Waals surface area contributed by atoms with Crippen molar-refractivity contribution in [3.8, 4) is 0 Å². The third-order valence-corrected chi connectivity index (χ3v) is 0. The fraction of sp³-hybridized carbons (Fsp3) is 0. The summed E-state index contributed by atoms with van der Waals surface area (Å²) >= 11 is 0. The molecule has 0 aromatic heterocycles. The summed E-state index contributed by atoms with van der Waals surface area (Å²) in [6, 6.07) is 0. The van der Waals surface area contributed by atoms with Crippen molar-refractivity contribution in [2.24, 2.45) is 0 Å². The van der Waals surface area contributed by atoms with E-state index in [1.54, 1.807) is 0 Å². The van der Waals surface area contributed by atoms with E-state index in [1.807, 2.05) is 0 Å². The summed E-state index contributed by atoms with van der Waals surface area (Å²) in [4.78, 5) is 21.0. The van der Waals surface area contributed by atoms with Crippen LogP contribution in [0.15, 0.2) is 0 Å². The standard InChI is InChI=1S/3Na.3HO2P/c;;;3*1-3-2/h;;;3*(H,1,2)/q3*+1;;;. The van der Waals surface area contributed by atoms with E-state index in [2.05, 4.69) is 0 Å². The molecule has 0 aromatic carbocycles. The van der Waals surface area contributed by atoms with Gasteiger partial charge in [0.05, 0.1) is 0 Å². The first-order chi connectivity index (χ1) is 4.24. The van der Waals surface area contributed by atoms with Crippen LogP contribution in [0.3, 0.4) is 0 Å². The molecule has 0 aliphatic carbocycles. The number of hydrogen-bond acceptors (Lipinski definition) is 3. The van der Waals surface area contributed by atoms with Gasteiger partial charge in [0.25, 0.3) is 0 Å². The van der Waals surface area contributed by atoms with Gasteiger partial charge in [0, 0.05) is 0 Å². The van der Waals surface area contributed by atoms with E-state index in [0.29, 0.717) is 0 Å². The Bertz CT molecular complexity index is 54.8. The molecule has 0 saturated heterocycles. The van der Waals surface area contributed by atoms with Gasteiger partial charge in [-0.05, 0) is 0 Å². The first-order valence-corrected chi connectivity index (χ1v) is 3.44. The summed E-state index contributed by atoms with van der Waals surface area (Å²) in [6.07, 6.45) is 0. The molecule has 12 heteroatoms. The third kappa shape index (κ3) is 193. The van der Waals surface area contributed by atoms with E-state index >= 15 is 0 Å². The predicted octanol–water partition coefficient (Wildman–Crippen LogP) is -8.43. The van der Waals surface area contributed by atoms with Crippen molar-refractivity contribution in [1.29, 1.82) is 0 Å². The zero-order chi connectivity index (χ0) is 8.12. The molecule has 0 aromatic rings. The third-order valence-electron chi connectivity index (χ3n) is 0. The Morgan fingerprint density at radius 2 is 0.583 bits per heavy atom. The molecule has 54 valence electrons. The van der Waals surface area contributed by atoms with Crippen LogP contribution in [0.1, 0.15) is 0 Å². The first kappa shape index (κ1) is 36.2. The van der Waals surface area contributed by atoms with Crippen LogP contribution in [-0.4, -0.2) is 14.7 Å². The molecule has 0 radical (unpaired) electrons. The number of rotatable bonds is 0. The minimum atomic E-state index is -0.833. The number of hydrogen-bond donors (Lipinski definition) is 3. The van der Waals surface area contributed by atoms with Crippen molar-refractivity contribution in [2.45, 2.75) is 0 Å². The van der Waals surface area contributed by atoms with Crippen molar-refractivity contribution in [1.82, 2.24) is 0 Å². The molecule has 0 saturated carbocycles. The minimum absolute atomic E-state index is 0. The average molecular weight is 261 g/mol. The summed E-state index contributed by atoms with van der Waals surface area (Å²) in [7, 11) is -2.50. The van der Waals surface area contributed by atoms with E-state index < -0.39 is 26.1 Å². The summed E-state index contributed by atoms with van der Waals surface area (Å²) in [5.74, 6) is 0. The van der Waals surface area contributed by atoms with Gasteiger partial charge in [-0.1, -0.05) is 0 Å². The molecule has 0 fully saturated rings. The second-order valence-electron chi connectivity index (χ2n) is 0.245. The second kappa shape index (κ2) is 64.5. The van der Waals surface area contributed by atoms with Gasteiger partial charge < -0.3 is 14.7 Å². The molecule has 0 bridgehead atoms. The van der Waals surface area contributed by atoms with E-state index in [4.69, 9.17) is 28.4 Å². The van der Waals surface area contributed by atoms with Gasteiger partial charge in [0.2, 0.25) is 0 Å². The molecular weight excluding hydrogens is 258 g/mol. The molecular formula is H3Na3O6P3+3. The van der Waals surface area contributed by atoms with Gasteiger partial charge in [-0.2, -0.15) is 0 Å². The summed E-state index contributed by atoms with van der Waals surface area (Å²) in [6.45, 7) is 0. The zero-order valence-corrected chi connectivity index (χ0v) is 15.6. The molecule has 3 N–H and O–H groups in total. The Balaban J connectivity index is -0.00000001000. The van der Waals surface area contributed by atoms with Crippen molar-refractivity contribution in [3.05, 3.63) is 0 Å². The quantitative estimate of drug-likeness (QED) is 0.295. The molecule has 0 spiro atoms. The summed E-state index contributed by atoms with van der Waals surface area (Å²) in [5, 5.41) is 0. The Labute approximate surface area is 141 Å². The predicted molar refractivity (Wildman–Crippen MR) is 29.5 cm³/mol. The van der Waals surface area contributed by atoms with Crippen LogP contribution in [0, 0.1) is 0 Å². The Morgan fingerprint density at radius 1 is 0.583 bits per heavy atom. The van der Waals surface area contributed by atoms with Crippen molar-refractivity contribution >= 4 is 26.1 Å². The van der Waals surface area contributed by atoms with Crippen molar-refractivity contribution in [3.63, 3.8) is 0 Å². The molecule has 0 heterocycles. The fourth-order valence-electron chi connectivity index (χ4n) is 0. The summed E-state index contributed by atoms with van der Waals surface area (Å²) in [5.41, 5.74) is 0. The first-order valence-electron chi connectivity index (χ1n) is 1.15. The van der Waals surface area contributed by atoms with E-state index in [1.165, 1.54) is 0 Å². The zero-order valence-electron chi connectivity index (χ0n) is 6.91. The molecule has 0 aliphatic rings. The van der Waals surface area contributed by atoms with Crippen molar-refractivity contribution < 1.29 is 117 Å². The smallest absolute Gasteiger partial charge is 0.310 e. The maximum Gasteiger partial charge on any atom is 1.00 e. The van der Waals surface area contributed by atoms with Crippen LogP contribution in [0.2, 0.25) is 0 Å². The average Bonchev–Trinajstić information content (AvgIpc) is 1.70. The van der Waals surface area contributed by atoms with E-state index in [9.17, 15) is 0 Å². The summed E-state index contributed by atoms with van der Waals surface area (Å²) < 4.78 is 25.4. The van der Waals surface area contributed by atoms with Gasteiger partial charge in [-0.15, -0.1) is 0 Å². The molecule has 0 unspecified atom stereocenters. The van der Waals surface area contributed by atoms with Gasteiger partial charge in [0.1, 0.15) is 0 Å². The topological polar surface area (TPSA) is 112 Å². The van der Waals surface area contributed by atoms with E-state index in [-0.39, 0.29) is 88.7 Å². The second-order valence-corrected chi connectivity index (χ2v) is 0.735. The van der Waals surface area contributed by atoms with Gasteiger partial charge in [-0.3, -0.25) is 0 Å². The Morgan fingerprint density at radius 3 is 0.583 bits per heavy atom. The fourth-order valence-corrected chi connectivity index (χ4v) is 0. The van der Waals surface area contributed by atoms with Crippen molar-refractivity contribution in [2.75, 3.05) is 0 Å². The largest absolute Gasteiger partial charge is 1.00 e. The monoisotopic (exact) mass is 261 g/mol. The van der Waals surface area contributed by atoms with Crippen LogP contribution in [-0.2, 0) is 13.7 Å². The maximum atomic E-state index is 8.46. The molecule has 6 nitrogen and oxygen atoms in total. The Hall–Kier alpha value is 3.18. The molecule has 0 aliphatic heterocycles. The van der Waals surface area contributed by atoms with Crippen LogP contribution < -0.4 is 88.7 Å². The molecule has 0 rings (SSSR count). The van der Waals surface area contributed by atoms with Gasteiger partial charge in [0.15, 0.2) is 0 Å². The van der Waals surface area contributed by atoms with Crippen LogP contribution in [0.4, 0.5) is 0 Å². The maximum absolute atomic E-state index is 8.46. The molecule has 0 amide bonds.